The van der Waals surface area contributed by atoms with Gasteiger partial charge in [0.1, 0.15) is 24.7 Å². The van der Waals surface area contributed by atoms with Gasteiger partial charge in [-0.05, 0) is 291 Å². The number of hydrogen-bond donors (Lipinski definition) is 1. The summed E-state index contributed by atoms with van der Waals surface area (Å²) in [6.45, 7) is 19.3. The van der Waals surface area contributed by atoms with Crippen LogP contribution in [0.2, 0.25) is 0 Å². The normalized spacial score (nSPS) is 10.6. The molecule has 8 nitrogen and oxygen atoms in total. The molecule has 0 fully saturated rings. The summed E-state index contributed by atoms with van der Waals surface area (Å²) in [5.41, 5.74) is 26.5. The van der Waals surface area contributed by atoms with Crippen LogP contribution in [0.5, 0.6) is 23.0 Å². The molecule has 0 amide bonds. The van der Waals surface area contributed by atoms with Gasteiger partial charge in [0.25, 0.3) is 0 Å². The van der Waals surface area contributed by atoms with E-state index in [-0.39, 0.29) is 12.9 Å². The lowest BCUT2D eigenvalue weighted by atomic mass is 8.81. The third kappa shape index (κ3) is 26.8. The third-order valence-corrected chi connectivity index (χ3v) is 24.8. The van der Waals surface area contributed by atoms with Crippen molar-refractivity contribution < 1.29 is 28.6 Å². The average molecular weight is 2050 g/mol. The van der Waals surface area contributed by atoms with Crippen molar-refractivity contribution in [2.45, 2.75) is 87.9 Å². The highest BCUT2D eigenvalue weighted by Crippen LogP contribution is 2.45. The van der Waals surface area contributed by atoms with E-state index in [0.29, 0.717) is 26.4 Å². The van der Waals surface area contributed by atoms with Crippen LogP contribution >= 0.6 is 79.6 Å². The summed E-state index contributed by atoms with van der Waals surface area (Å²) in [5.74, 6) is 2.87. The first kappa shape index (κ1) is 100. The molecule has 18 rings (SSSR count). The Bertz CT molecular complexity index is 6760. The quantitative estimate of drug-likeness (QED) is 0.0682. The zero-order valence-electron chi connectivity index (χ0n) is 75.9. The second-order valence-corrected chi connectivity index (χ2v) is 36.2. The molecule has 0 bridgehead atoms. The highest BCUT2D eigenvalue weighted by Gasteiger charge is 2.26. The van der Waals surface area contributed by atoms with Gasteiger partial charge in [-0.1, -0.05) is 316 Å². The first-order chi connectivity index (χ1) is 64.1. The maximum Gasteiger partial charge on any atom is 0.494 e. The van der Waals surface area contributed by atoms with Crippen LogP contribution in [0.4, 0.5) is 0 Å². The molecule has 0 aliphatic heterocycles. The fraction of sp³-hybridized carbons (Fsp3) is 0.143. The van der Waals surface area contributed by atoms with E-state index in [0.717, 1.165) is 115 Å². The Balaban J connectivity index is 0.000000146. The van der Waals surface area contributed by atoms with Gasteiger partial charge in [-0.2, -0.15) is 0 Å². The van der Waals surface area contributed by atoms with Crippen LogP contribution in [-0.4, -0.2) is 85.4 Å². The van der Waals surface area contributed by atoms with Crippen LogP contribution in [0.1, 0.15) is 78.1 Å². The fourth-order valence-corrected chi connectivity index (χ4v) is 18.3. The van der Waals surface area contributed by atoms with Crippen molar-refractivity contribution in [2.24, 2.45) is 0 Å². The monoisotopic (exact) mass is 2040 g/mol. The predicted molar refractivity (Wildman–Crippen MR) is 583 cm³/mol. The van der Waals surface area contributed by atoms with E-state index >= 15 is 0 Å². The Morgan fingerprint density at radius 2 is 0.705 bits per heavy atom. The van der Waals surface area contributed by atoms with Crippen LogP contribution < -0.4 is 19.7 Å². The molecule has 1 N–H and O–H groups in total. The number of phenols is 1. The van der Waals surface area contributed by atoms with E-state index in [2.05, 4.69) is 361 Å². The van der Waals surface area contributed by atoms with Gasteiger partial charge >= 0.3 is 7.12 Å². The van der Waals surface area contributed by atoms with E-state index in [1.807, 2.05) is 147 Å². The molecule has 0 spiro atoms. The molecule has 2 aromatic heterocycles. The number of hydrogen-bond acceptors (Lipinski definition) is 6. The molecule has 132 heavy (non-hydrogen) atoms. The van der Waals surface area contributed by atoms with Gasteiger partial charge in [0.05, 0.1) is 58.4 Å². The van der Waals surface area contributed by atoms with Crippen LogP contribution in [0.3, 0.4) is 0 Å². The number of aromatic hydroxyl groups is 1. The summed E-state index contributed by atoms with van der Waals surface area (Å²) in [6, 6.07) is 125. The minimum absolute atomic E-state index is 0.281. The Morgan fingerprint density at radius 3 is 1.20 bits per heavy atom. The van der Waals surface area contributed by atoms with E-state index in [4.69, 9.17) is 54.5 Å². The number of para-hydroxylation sites is 2. The smallest absolute Gasteiger partial charge is 0.494 e. The van der Waals surface area contributed by atoms with E-state index in [1.54, 1.807) is 7.11 Å². The number of methoxy groups -OCH3 is 1. The summed E-state index contributed by atoms with van der Waals surface area (Å²) in [7, 11) is 21.2. The van der Waals surface area contributed by atoms with E-state index in [9.17, 15) is 5.11 Å². The summed E-state index contributed by atoms with van der Waals surface area (Å²) in [4.78, 5) is 0. The molecule has 0 saturated carbocycles. The Morgan fingerprint density at radius 1 is 0.311 bits per heavy atom. The second-order valence-electron chi connectivity index (χ2n) is 31.9. The largest absolute Gasteiger partial charge is 0.506 e. The van der Waals surface area contributed by atoms with Gasteiger partial charge in [-0.15, -0.1) is 0 Å². The van der Waals surface area contributed by atoms with Gasteiger partial charge in [0.2, 0.25) is 0 Å². The maximum atomic E-state index is 10.4. The van der Waals surface area contributed by atoms with Gasteiger partial charge in [0, 0.05) is 88.5 Å². The highest BCUT2D eigenvalue weighted by atomic mass is 79.9. The minimum Gasteiger partial charge on any atom is -0.506 e. The molecule has 0 saturated heterocycles. The van der Waals surface area contributed by atoms with Crippen LogP contribution in [0.25, 0.3) is 99.5 Å². The van der Waals surface area contributed by atoms with Crippen molar-refractivity contribution in [1.82, 2.24) is 9.13 Å². The van der Waals surface area contributed by atoms with Crippen molar-refractivity contribution in [3.05, 3.63) is 431 Å². The molecule has 2 heterocycles. The SMILES string of the molecule is Brc1ccccc1-c1ccccc1.CCCOB(OCCC)c1ccccc1-c1ccccc1.CCc1ccc2c(c1)c1ccccc1n2-c1cc(C)cc(Br)c1OCc1ccccc1.COc1ccc(C)cc1Br.Cc1cc(Br)c(O)c(-c2ccccc2-c2ccccc2)c1.Cc1cc(Br)c(OCc2ccccc2)c(-n2c3ccccc3c3ccc(C)cc32)c1.[B]B([B])B([B])[B]. The molecule has 20 heteroatoms. The minimum atomic E-state index is -0.593. The number of aryl methyl sites for hydroxylation is 6. The zero-order valence-corrected chi connectivity index (χ0v) is 83.8. The summed E-state index contributed by atoms with van der Waals surface area (Å²) >= 11 is 17.9. The first-order valence-electron chi connectivity index (χ1n) is 44.2. The van der Waals surface area contributed by atoms with E-state index < -0.39 is 12.8 Å². The molecule has 0 unspecified atom stereocenters. The maximum absolute atomic E-state index is 10.4. The van der Waals surface area contributed by atoms with Gasteiger partial charge in [-0.3, -0.25) is 0 Å². The van der Waals surface area contributed by atoms with Crippen molar-refractivity contribution in [2.75, 3.05) is 20.3 Å². The van der Waals surface area contributed by atoms with Crippen molar-refractivity contribution in [3.8, 4) is 78.9 Å². The number of phenolic OH excluding ortho intramolecular Hbond substituents is 1. The number of nitrogens with zero attached hydrogens (tertiary/aromatic N) is 2. The summed E-state index contributed by atoms with van der Waals surface area (Å²) in [6.07, 6.45) is 1.81. The third-order valence-electron chi connectivity index (χ3n) is 21.7. The van der Waals surface area contributed by atoms with Crippen LogP contribution in [0.15, 0.2) is 386 Å². The van der Waals surface area contributed by atoms with Crippen molar-refractivity contribution in [3.63, 3.8) is 0 Å². The topological polar surface area (TPSA) is 76.2 Å². The van der Waals surface area contributed by atoms with Crippen LogP contribution in [0, 0.1) is 34.6 Å². The van der Waals surface area contributed by atoms with Gasteiger partial charge in [-0.25, -0.2) is 0 Å². The molecule has 0 aliphatic carbocycles. The number of halogens is 5. The molecule has 652 valence electrons. The summed E-state index contributed by atoms with van der Waals surface area (Å²) in [5, 5.41) is 15.4. The molecule has 0 aliphatic rings. The number of benzene rings is 16. The molecule has 16 aromatic carbocycles. The Labute approximate surface area is 827 Å². The Hall–Kier alpha value is -10.9. The number of aromatic nitrogens is 2. The average Bonchev–Trinajstić information content (AvgIpc) is 1.59. The van der Waals surface area contributed by atoms with E-state index in [1.165, 1.54) is 93.7 Å². The standard InChI is InChI=1S/C28H24BrNO.C27H22BrNO.C19H15BrO.C18H23BO2.C12H9Br.C8H9BrO.B6/c1-3-20-13-14-26-23(17-20)22-11-7-8-12-25(22)30(26)27-16-19(2)15-24(29)28(27)31-18-21-9-5-4-6-10-21;1-18-12-13-22-21-10-6-7-11-24(21)29(25(22)15-18)26-16-19(2)14-23(28)27(26)30-17-20-8-4-3-5-9-20;1-13-11-17(19(21)18(20)12-13)16-10-6-5-9-15(16)14-7-3-2-4-8-14;1-3-14-20-19(21-15-4-2)18-13-9-8-12-17(18)16-10-6-5-7-11-16;13-12-9-5-4-8-11(12)10-6-2-1-3-7-10;1-6-3-4-8(10-2)7(9)5-6;1-5(2)6(3)4/h4-17H,3,18H2,1-2H3;3-16H,17H2,1-2H3;2-12,21H,1H3;5-13H,3-4,14-15H2,1-2H3;1-9H;3-5H,1-2H3;. The lowest BCUT2D eigenvalue weighted by molar-refractivity contribution is 0.207. The molecule has 18 aromatic rings. The van der Waals surface area contributed by atoms with Crippen LogP contribution in [-0.2, 0) is 28.9 Å². The number of rotatable bonds is 22. The molecule has 8 radical (unpaired) electrons. The first-order valence-corrected chi connectivity index (χ1v) is 48.1. The fourth-order valence-electron chi connectivity index (χ4n) is 15.2. The molecular formula is C112H102B7Br5N2O6. The predicted octanol–water partition coefficient (Wildman–Crippen LogP) is 30.0. The van der Waals surface area contributed by atoms with Gasteiger partial charge < -0.3 is 37.8 Å². The number of fused-ring (bicyclic) bond motifs is 6. The number of ether oxygens (including phenoxy) is 3. The Kier molecular flexibility index (Phi) is 38.1. The lowest BCUT2D eigenvalue weighted by Crippen LogP contribution is -2.38. The summed E-state index contributed by atoms with van der Waals surface area (Å²) < 4.78 is 39.2. The second kappa shape index (κ2) is 50.3. The van der Waals surface area contributed by atoms with Crippen molar-refractivity contribution >= 4 is 180 Å². The lowest BCUT2D eigenvalue weighted by Gasteiger charge is -2.17. The zero-order chi connectivity index (χ0) is 93.6. The molecular weight excluding hydrogens is 1940 g/mol. The van der Waals surface area contributed by atoms with Crippen molar-refractivity contribution in [1.29, 1.82) is 0 Å². The molecule has 0 atom stereocenters. The van der Waals surface area contributed by atoms with Gasteiger partial charge in [0.15, 0.2) is 11.5 Å². The highest BCUT2D eigenvalue weighted by molar-refractivity contribution is 9.11.